The molecule has 5 heteroatoms. The van der Waals surface area contributed by atoms with Crippen LogP contribution in [0.2, 0.25) is 0 Å². The molecule has 118 valence electrons. The van der Waals surface area contributed by atoms with E-state index in [4.69, 9.17) is 4.74 Å². The Hall–Kier alpha value is -0.810. The van der Waals surface area contributed by atoms with Crippen LogP contribution in [-0.4, -0.2) is 46.9 Å². The summed E-state index contributed by atoms with van der Waals surface area (Å²) in [4.78, 5) is 11.2. The lowest BCUT2D eigenvalue weighted by Crippen LogP contribution is -2.29. The highest BCUT2D eigenvalue weighted by molar-refractivity contribution is 7.98. The zero-order chi connectivity index (χ0) is 15.2. The monoisotopic (exact) mass is 309 g/mol. The Morgan fingerprint density at radius 2 is 2.19 bits per heavy atom. The maximum absolute atomic E-state index is 5.80. The van der Waals surface area contributed by atoms with Gasteiger partial charge in [-0.3, -0.25) is 0 Å². The lowest BCUT2D eigenvalue weighted by molar-refractivity contribution is 0.221. The molecule has 1 saturated heterocycles. The van der Waals surface area contributed by atoms with Crippen LogP contribution < -0.4 is 4.74 Å². The van der Waals surface area contributed by atoms with E-state index in [1.54, 1.807) is 24.2 Å². The summed E-state index contributed by atoms with van der Waals surface area (Å²) < 4.78 is 5.80. The highest BCUT2D eigenvalue weighted by Crippen LogP contribution is 2.24. The first-order chi connectivity index (χ1) is 10.1. The van der Waals surface area contributed by atoms with E-state index < -0.39 is 0 Å². The molecule has 1 aliphatic rings. The lowest BCUT2D eigenvalue weighted by Gasteiger charge is -2.21. The van der Waals surface area contributed by atoms with Gasteiger partial charge in [-0.1, -0.05) is 13.8 Å². The van der Waals surface area contributed by atoms with Crippen LogP contribution in [0.25, 0.3) is 0 Å². The fourth-order valence-corrected chi connectivity index (χ4v) is 3.08. The van der Waals surface area contributed by atoms with Crippen LogP contribution in [0, 0.1) is 11.8 Å². The Morgan fingerprint density at radius 1 is 1.38 bits per heavy atom. The molecule has 1 aromatic rings. The van der Waals surface area contributed by atoms with Gasteiger partial charge in [0.05, 0.1) is 19.0 Å². The van der Waals surface area contributed by atoms with E-state index in [1.807, 2.05) is 6.26 Å². The maximum Gasteiger partial charge on any atom is 0.232 e. The zero-order valence-electron chi connectivity index (χ0n) is 13.6. The summed E-state index contributed by atoms with van der Waals surface area (Å²) in [6.45, 7) is 10.0. The van der Waals surface area contributed by atoms with Gasteiger partial charge in [-0.2, -0.15) is 0 Å². The topological polar surface area (TPSA) is 38.2 Å². The van der Waals surface area contributed by atoms with E-state index in [9.17, 15) is 0 Å². The summed E-state index contributed by atoms with van der Waals surface area (Å²) in [6.07, 6.45) is 7.98. The van der Waals surface area contributed by atoms with E-state index in [2.05, 4.69) is 35.6 Å². The van der Waals surface area contributed by atoms with E-state index in [0.29, 0.717) is 17.8 Å². The van der Waals surface area contributed by atoms with Gasteiger partial charge >= 0.3 is 0 Å². The van der Waals surface area contributed by atoms with E-state index >= 15 is 0 Å². The molecule has 21 heavy (non-hydrogen) atoms. The molecular weight excluding hydrogens is 282 g/mol. The van der Waals surface area contributed by atoms with Crippen molar-refractivity contribution in [3.63, 3.8) is 0 Å². The molecule has 0 saturated carbocycles. The molecule has 2 unspecified atom stereocenters. The molecule has 0 radical (unpaired) electrons. The normalized spacial score (nSPS) is 22.9. The van der Waals surface area contributed by atoms with Crippen LogP contribution >= 0.6 is 11.8 Å². The van der Waals surface area contributed by atoms with Crippen molar-refractivity contribution in [2.75, 3.05) is 26.0 Å². The van der Waals surface area contributed by atoms with Gasteiger partial charge in [-0.05, 0) is 38.5 Å². The number of ether oxygens (including phenoxy) is 1. The average Bonchev–Trinajstić information content (AvgIpc) is 2.84. The third-order valence-corrected chi connectivity index (χ3v) is 4.69. The summed E-state index contributed by atoms with van der Waals surface area (Å²) in [5.74, 6) is 2.02. The van der Waals surface area contributed by atoms with Crippen molar-refractivity contribution in [2.45, 2.75) is 44.7 Å². The summed E-state index contributed by atoms with van der Waals surface area (Å²) in [5, 5.41) is 0.927. The SMILES string of the molecule is CSc1cnc(OCC2CC(C)N(CCC(C)C)C2)cn1. The molecule has 2 atom stereocenters. The number of nitrogens with zero attached hydrogens (tertiary/aromatic N) is 3. The van der Waals surface area contributed by atoms with Crippen molar-refractivity contribution < 1.29 is 4.74 Å². The summed E-state index contributed by atoms with van der Waals surface area (Å²) in [5.41, 5.74) is 0. The first-order valence-corrected chi connectivity index (χ1v) is 9.03. The molecule has 0 amide bonds. The second kappa shape index (κ2) is 7.99. The second-order valence-electron chi connectivity index (χ2n) is 6.34. The predicted molar refractivity (Wildman–Crippen MR) is 87.9 cm³/mol. The second-order valence-corrected chi connectivity index (χ2v) is 7.16. The minimum absolute atomic E-state index is 0.606. The Labute approximate surface area is 132 Å². The van der Waals surface area contributed by atoms with Gasteiger partial charge in [0.1, 0.15) is 5.03 Å². The molecule has 0 N–H and O–H groups in total. The molecule has 0 bridgehead atoms. The average molecular weight is 309 g/mol. The largest absolute Gasteiger partial charge is 0.476 e. The number of hydrogen-bond acceptors (Lipinski definition) is 5. The highest BCUT2D eigenvalue weighted by atomic mass is 32.2. The Balaban J connectivity index is 1.76. The van der Waals surface area contributed by atoms with Gasteiger partial charge in [0, 0.05) is 18.5 Å². The van der Waals surface area contributed by atoms with Crippen molar-refractivity contribution >= 4 is 11.8 Å². The van der Waals surface area contributed by atoms with Crippen molar-refractivity contribution in [3.05, 3.63) is 12.4 Å². The first-order valence-electron chi connectivity index (χ1n) is 7.81. The van der Waals surface area contributed by atoms with E-state index in [0.717, 1.165) is 24.1 Å². The number of hydrogen-bond donors (Lipinski definition) is 0. The number of rotatable bonds is 7. The van der Waals surface area contributed by atoms with Gasteiger partial charge in [0.25, 0.3) is 0 Å². The third kappa shape index (κ3) is 5.15. The molecule has 1 aliphatic heterocycles. The Kier molecular flexibility index (Phi) is 6.30. The van der Waals surface area contributed by atoms with Crippen molar-refractivity contribution in [2.24, 2.45) is 11.8 Å². The maximum atomic E-state index is 5.80. The van der Waals surface area contributed by atoms with E-state index in [-0.39, 0.29) is 0 Å². The van der Waals surface area contributed by atoms with Crippen LogP contribution in [0.5, 0.6) is 5.88 Å². The minimum Gasteiger partial charge on any atom is -0.476 e. The predicted octanol–water partition coefficient (Wildman–Crippen LogP) is 3.33. The summed E-state index contributed by atoms with van der Waals surface area (Å²) in [6, 6.07) is 0.669. The molecule has 1 aromatic heterocycles. The lowest BCUT2D eigenvalue weighted by atomic mass is 10.1. The number of thioether (sulfide) groups is 1. The zero-order valence-corrected chi connectivity index (χ0v) is 14.4. The molecule has 1 fully saturated rings. The van der Waals surface area contributed by atoms with Gasteiger partial charge in [0.15, 0.2) is 0 Å². The van der Waals surface area contributed by atoms with Crippen LogP contribution in [0.3, 0.4) is 0 Å². The molecule has 2 heterocycles. The van der Waals surface area contributed by atoms with Crippen molar-refractivity contribution in [1.29, 1.82) is 0 Å². The number of aromatic nitrogens is 2. The molecule has 2 rings (SSSR count). The minimum atomic E-state index is 0.606. The fraction of sp³-hybridized carbons (Fsp3) is 0.750. The Bertz CT molecular complexity index is 424. The first kappa shape index (κ1) is 16.6. The summed E-state index contributed by atoms with van der Waals surface area (Å²) in [7, 11) is 0. The van der Waals surface area contributed by atoms with Gasteiger partial charge in [0.2, 0.25) is 5.88 Å². The van der Waals surface area contributed by atoms with E-state index in [1.165, 1.54) is 19.4 Å². The fourth-order valence-electron chi connectivity index (χ4n) is 2.76. The van der Waals surface area contributed by atoms with Crippen LogP contribution in [0.4, 0.5) is 0 Å². The highest BCUT2D eigenvalue weighted by Gasteiger charge is 2.29. The standard InChI is InChI=1S/C16H27N3OS/c1-12(2)5-6-19-10-14(7-13(19)3)11-20-15-8-18-16(21-4)9-17-15/h8-9,12-14H,5-7,10-11H2,1-4H3. The molecule has 0 aromatic carbocycles. The molecule has 0 aliphatic carbocycles. The van der Waals surface area contributed by atoms with Gasteiger partial charge in [-0.15, -0.1) is 11.8 Å². The van der Waals surface area contributed by atoms with Crippen LogP contribution in [0.15, 0.2) is 17.4 Å². The summed E-state index contributed by atoms with van der Waals surface area (Å²) >= 11 is 1.59. The van der Waals surface area contributed by atoms with Crippen LogP contribution in [-0.2, 0) is 0 Å². The van der Waals surface area contributed by atoms with Crippen LogP contribution in [0.1, 0.15) is 33.6 Å². The van der Waals surface area contributed by atoms with Gasteiger partial charge < -0.3 is 9.64 Å². The van der Waals surface area contributed by atoms with Crippen molar-refractivity contribution in [3.8, 4) is 5.88 Å². The molecule has 0 spiro atoms. The van der Waals surface area contributed by atoms with Gasteiger partial charge in [-0.25, -0.2) is 9.97 Å². The van der Waals surface area contributed by atoms with Crippen molar-refractivity contribution in [1.82, 2.24) is 14.9 Å². The molecular formula is C16H27N3OS. The number of likely N-dealkylation sites (tertiary alicyclic amines) is 1. The molecule has 4 nitrogen and oxygen atoms in total. The third-order valence-electron chi connectivity index (χ3n) is 4.06. The Morgan fingerprint density at radius 3 is 2.81 bits per heavy atom. The smallest absolute Gasteiger partial charge is 0.232 e. The quantitative estimate of drug-likeness (QED) is 0.722.